The summed E-state index contributed by atoms with van der Waals surface area (Å²) >= 11 is 0. The van der Waals surface area contributed by atoms with E-state index in [2.05, 4.69) is 0 Å². The minimum absolute atomic E-state index is 0.153. The van der Waals surface area contributed by atoms with E-state index in [0.29, 0.717) is 0 Å². The highest BCUT2D eigenvalue weighted by atomic mass is 16.7. The molecule has 0 radical (unpaired) electrons. The Labute approximate surface area is 180 Å². The quantitative estimate of drug-likeness (QED) is 0.149. The van der Waals surface area contributed by atoms with Crippen molar-refractivity contribution in [1.29, 1.82) is 0 Å². The Hall–Kier alpha value is -1.82. The van der Waals surface area contributed by atoms with Crippen molar-refractivity contribution >= 4 is 5.69 Å². The van der Waals surface area contributed by atoms with E-state index in [0.717, 1.165) is 24.3 Å². The van der Waals surface area contributed by atoms with Crippen molar-refractivity contribution < 1.29 is 60.0 Å². The van der Waals surface area contributed by atoms with E-state index in [9.17, 15) is 51.0 Å². The van der Waals surface area contributed by atoms with Gasteiger partial charge in [0.05, 0.1) is 18.1 Å². The molecule has 14 nitrogen and oxygen atoms in total. The molecule has 1 aromatic carbocycles. The number of aliphatic hydroxyl groups is 8. The second-order valence-corrected chi connectivity index (χ2v) is 7.57. The van der Waals surface area contributed by atoms with Crippen LogP contribution in [0.2, 0.25) is 0 Å². The van der Waals surface area contributed by atoms with E-state index in [4.69, 9.17) is 14.2 Å². The van der Waals surface area contributed by atoms with Gasteiger partial charge in [0.1, 0.15) is 48.8 Å². The maximum atomic E-state index is 10.9. The lowest BCUT2D eigenvalue weighted by molar-refractivity contribution is -0.389. The third kappa shape index (κ3) is 4.35. The molecule has 2 heterocycles. The molecule has 8 N–H and O–H groups in total. The number of aliphatic hydroxyl groups excluding tert-OH is 7. The zero-order chi connectivity index (χ0) is 23.8. The number of nitro benzene ring substituents is 1. The molecule has 2 aliphatic rings. The number of benzene rings is 1. The highest BCUT2D eigenvalue weighted by Gasteiger charge is 2.56. The first-order valence-corrected chi connectivity index (χ1v) is 9.63. The standard InChI is InChI=1S/C18H25NO13/c20-5-9-11(22)12(23)13(24)17(30-9)31-15-10(6-21)32-18(27,16(26)14(15)25)7-1-3-8(4-2-7)19(28)29/h1-4,9-17,20-27H,5-6H2/t9-,10-,11+,12+,13-,14+,15-,16-,17+,18?/m1/s1. The van der Waals surface area contributed by atoms with Gasteiger partial charge < -0.3 is 55.1 Å². The largest absolute Gasteiger partial charge is 0.394 e. The highest BCUT2D eigenvalue weighted by molar-refractivity contribution is 5.35. The van der Waals surface area contributed by atoms with Gasteiger partial charge in [0, 0.05) is 17.7 Å². The first-order valence-electron chi connectivity index (χ1n) is 9.63. The lowest BCUT2D eigenvalue weighted by atomic mass is 9.88. The second kappa shape index (κ2) is 9.58. The predicted octanol–water partition coefficient (Wildman–Crippen LogP) is -3.96. The Morgan fingerprint density at radius 1 is 0.938 bits per heavy atom. The summed E-state index contributed by atoms with van der Waals surface area (Å²) in [5.41, 5.74) is -0.454. The Kier molecular flexibility index (Phi) is 7.43. The van der Waals surface area contributed by atoms with Crippen molar-refractivity contribution in [1.82, 2.24) is 0 Å². The third-order valence-electron chi connectivity index (χ3n) is 5.57. The van der Waals surface area contributed by atoms with E-state index in [-0.39, 0.29) is 11.3 Å². The molecule has 0 bridgehead atoms. The van der Waals surface area contributed by atoms with E-state index in [1.54, 1.807) is 0 Å². The van der Waals surface area contributed by atoms with Crippen LogP contribution in [0.3, 0.4) is 0 Å². The molecule has 3 rings (SSSR count). The zero-order valence-corrected chi connectivity index (χ0v) is 16.5. The average Bonchev–Trinajstić information content (AvgIpc) is 2.79. The third-order valence-corrected chi connectivity index (χ3v) is 5.57. The van der Waals surface area contributed by atoms with Crippen LogP contribution in [0.15, 0.2) is 24.3 Å². The van der Waals surface area contributed by atoms with E-state index < -0.39 is 79.0 Å². The summed E-state index contributed by atoms with van der Waals surface area (Å²) in [7, 11) is 0. The summed E-state index contributed by atoms with van der Waals surface area (Å²) in [6.07, 6.45) is -15.4. The topological polar surface area (TPSA) is 233 Å². The van der Waals surface area contributed by atoms with E-state index >= 15 is 0 Å². The molecule has 0 aromatic heterocycles. The molecule has 180 valence electrons. The summed E-state index contributed by atoms with van der Waals surface area (Å²) in [5, 5.41) is 91.7. The summed E-state index contributed by atoms with van der Waals surface area (Å²) in [4.78, 5) is 10.1. The van der Waals surface area contributed by atoms with Crippen LogP contribution in [-0.4, -0.2) is 114 Å². The van der Waals surface area contributed by atoms with Crippen LogP contribution in [0.4, 0.5) is 5.69 Å². The first-order chi connectivity index (χ1) is 15.0. The van der Waals surface area contributed by atoms with Crippen LogP contribution >= 0.6 is 0 Å². The van der Waals surface area contributed by atoms with Gasteiger partial charge in [-0.2, -0.15) is 0 Å². The van der Waals surface area contributed by atoms with Gasteiger partial charge in [0.15, 0.2) is 6.29 Å². The normalized spacial score (nSPS) is 42.6. The maximum absolute atomic E-state index is 10.9. The molecular weight excluding hydrogens is 438 g/mol. The predicted molar refractivity (Wildman–Crippen MR) is 99.6 cm³/mol. The maximum Gasteiger partial charge on any atom is 0.269 e. The molecule has 14 heteroatoms. The summed E-state index contributed by atoms with van der Waals surface area (Å²) in [5.74, 6) is -2.59. The van der Waals surface area contributed by atoms with Crippen molar-refractivity contribution in [3.05, 3.63) is 39.9 Å². The van der Waals surface area contributed by atoms with Crippen LogP contribution in [0.5, 0.6) is 0 Å². The second-order valence-electron chi connectivity index (χ2n) is 7.57. The van der Waals surface area contributed by atoms with Gasteiger partial charge in [0.2, 0.25) is 5.79 Å². The van der Waals surface area contributed by atoms with Crippen molar-refractivity contribution in [2.75, 3.05) is 13.2 Å². The van der Waals surface area contributed by atoms with Gasteiger partial charge in [-0.15, -0.1) is 0 Å². The average molecular weight is 463 g/mol. The van der Waals surface area contributed by atoms with Crippen LogP contribution < -0.4 is 0 Å². The number of hydrogen-bond donors (Lipinski definition) is 8. The van der Waals surface area contributed by atoms with Gasteiger partial charge >= 0.3 is 0 Å². The SMILES string of the molecule is O=[N+]([O-])c1ccc(C2(O)O[C@H](CO)[C@@H](O[C@@H]3O[C@H](CO)[C@H](O)[C@H](O)[C@H]3O)[C@H](O)[C@H]2O)cc1. The van der Waals surface area contributed by atoms with Crippen molar-refractivity contribution in [3.8, 4) is 0 Å². The van der Waals surface area contributed by atoms with Crippen LogP contribution in [0, 0.1) is 10.1 Å². The number of nitrogens with zero attached hydrogens (tertiary/aromatic N) is 1. The van der Waals surface area contributed by atoms with Crippen LogP contribution in [0.25, 0.3) is 0 Å². The molecule has 10 atom stereocenters. The lowest BCUT2D eigenvalue weighted by Gasteiger charge is -2.49. The first kappa shape index (κ1) is 24.8. The Morgan fingerprint density at radius 3 is 2.06 bits per heavy atom. The van der Waals surface area contributed by atoms with E-state index in [1.165, 1.54) is 0 Å². The molecule has 1 aromatic rings. The molecule has 2 saturated heterocycles. The van der Waals surface area contributed by atoms with Gasteiger partial charge in [-0.1, -0.05) is 0 Å². The number of nitro groups is 1. The van der Waals surface area contributed by atoms with Crippen molar-refractivity contribution in [2.24, 2.45) is 0 Å². The highest BCUT2D eigenvalue weighted by Crippen LogP contribution is 2.39. The van der Waals surface area contributed by atoms with Crippen LogP contribution in [0.1, 0.15) is 5.56 Å². The fraction of sp³-hybridized carbons (Fsp3) is 0.667. The van der Waals surface area contributed by atoms with Gasteiger partial charge in [-0.3, -0.25) is 10.1 Å². The number of ether oxygens (including phenoxy) is 3. The Bertz CT molecular complexity index is 790. The van der Waals surface area contributed by atoms with Gasteiger partial charge in [0.25, 0.3) is 5.69 Å². The monoisotopic (exact) mass is 463 g/mol. The smallest absolute Gasteiger partial charge is 0.269 e. The Morgan fingerprint density at radius 2 is 1.53 bits per heavy atom. The molecule has 0 spiro atoms. The molecule has 0 saturated carbocycles. The van der Waals surface area contributed by atoms with Gasteiger partial charge in [-0.25, -0.2) is 0 Å². The fourth-order valence-corrected chi connectivity index (χ4v) is 3.70. The number of hydrogen-bond acceptors (Lipinski definition) is 13. The van der Waals surface area contributed by atoms with Crippen LogP contribution in [-0.2, 0) is 20.0 Å². The molecule has 0 aliphatic carbocycles. The minimum atomic E-state index is -2.59. The summed E-state index contributed by atoms with van der Waals surface area (Å²) in [6.45, 7) is -1.58. The number of rotatable bonds is 6. The molecule has 2 aliphatic heterocycles. The molecular formula is C18H25NO13. The lowest BCUT2D eigenvalue weighted by Crippen LogP contribution is -2.67. The summed E-state index contributed by atoms with van der Waals surface area (Å²) in [6, 6.07) is 4.28. The molecule has 0 amide bonds. The summed E-state index contributed by atoms with van der Waals surface area (Å²) < 4.78 is 16.0. The van der Waals surface area contributed by atoms with Gasteiger partial charge in [-0.05, 0) is 12.1 Å². The number of non-ortho nitro benzene ring substituents is 1. The minimum Gasteiger partial charge on any atom is -0.394 e. The van der Waals surface area contributed by atoms with Crippen molar-refractivity contribution in [3.63, 3.8) is 0 Å². The molecule has 1 unspecified atom stereocenters. The molecule has 32 heavy (non-hydrogen) atoms. The molecule has 2 fully saturated rings. The Balaban J connectivity index is 1.83. The zero-order valence-electron chi connectivity index (χ0n) is 16.5. The van der Waals surface area contributed by atoms with Crippen molar-refractivity contribution in [2.45, 2.75) is 60.9 Å². The van der Waals surface area contributed by atoms with E-state index in [1.807, 2.05) is 0 Å². The fourth-order valence-electron chi connectivity index (χ4n) is 3.70.